The first kappa shape index (κ1) is 18.0. The van der Waals surface area contributed by atoms with Crippen molar-refractivity contribution < 1.29 is 9.53 Å². The summed E-state index contributed by atoms with van der Waals surface area (Å²) >= 11 is 0. The van der Waals surface area contributed by atoms with Gasteiger partial charge < -0.3 is 19.9 Å². The number of aromatic amines is 1. The van der Waals surface area contributed by atoms with E-state index in [9.17, 15) is 4.79 Å². The van der Waals surface area contributed by atoms with Crippen molar-refractivity contribution in [2.45, 2.75) is 26.5 Å². The largest absolute Gasteiger partial charge is 0.489 e. The van der Waals surface area contributed by atoms with Crippen molar-refractivity contribution in [2.75, 3.05) is 19.4 Å². The third-order valence-electron chi connectivity index (χ3n) is 4.46. The minimum atomic E-state index is -0.121. The number of fused-ring (bicyclic) bond motifs is 2. The molecule has 1 aromatic carbocycles. The molecule has 0 atom stereocenters. The van der Waals surface area contributed by atoms with Gasteiger partial charge in [0.2, 0.25) is 0 Å². The molecular formula is C20H22N6O2. The van der Waals surface area contributed by atoms with Gasteiger partial charge in [0.05, 0.1) is 29.3 Å². The average Bonchev–Trinajstić information content (AvgIpc) is 3.27. The summed E-state index contributed by atoms with van der Waals surface area (Å²) in [6.07, 6.45) is 4.99. The van der Waals surface area contributed by atoms with Crippen LogP contribution in [0.1, 0.15) is 35.3 Å². The molecule has 144 valence electrons. The summed E-state index contributed by atoms with van der Waals surface area (Å²) in [5.41, 5.74) is 4.04. The van der Waals surface area contributed by atoms with Gasteiger partial charge in [-0.25, -0.2) is 9.97 Å². The highest BCUT2D eigenvalue weighted by atomic mass is 16.5. The third-order valence-corrected chi connectivity index (χ3v) is 4.46. The van der Waals surface area contributed by atoms with Crippen LogP contribution in [0.4, 0.5) is 11.5 Å². The molecule has 28 heavy (non-hydrogen) atoms. The van der Waals surface area contributed by atoms with E-state index in [4.69, 9.17) is 4.74 Å². The molecule has 2 aromatic heterocycles. The van der Waals surface area contributed by atoms with Crippen LogP contribution in [0.5, 0.6) is 5.75 Å². The topological polar surface area (TPSA) is 95.5 Å². The van der Waals surface area contributed by atoms with Gasteiger partial charge in [0, 0.05) is 26.5 Å². The molecule has 1 amide bonds. The second-order valence-electron chi connectivity index (χ2n) is 7.16. The minimum absolute atomic E-state index is 0.0180. The smallest absolute Gasteiger partial charge is 0.255 e. The van der Waals surface area contributed by atoms with Gasteiger partial charge in [-0.1, -0.05) is 0 Å². The van der Waals surface area contributed by atoms with Crippen LogP contribution in [-0.2, 0) is 6.54 Å². The number of aliphatic imine (C=N–C) groups is 1. The molecule has 0 radical (unpaired) electrons. The first-order valence-corrected chi connectivity index (χ1v) is 9.08. The third kappa shape index (κ3) is 3.17. The molecule has 1 aliphatic rings. The second kappa shape index (κ2) is 6.95. The lowest BCUT2D eigenvalue weighted by Gasteiger charge is -2.17. The van der Waals surface area contributed by atoms with Crippen molar-refractivity contribution in [2.24, 2.45) is 4.99 Å². The number of nitrogens with zero attached hydrogens (tertiary/aromatic N) is 4. The summed E-state index contributed by atoms with van der Waals surface area (Å²) in [7, 11) is 3.43. The number of benzene rings is 1. The highest BCUT2D eigenvalue weighted by Gasteiger charge is 2.20. The lowest BCUT2D eigenvalue weighted by Crippen LogP contribution is -2.21. The molecule has 0 saturated heterocycles. The van der Waals surface area contributed by atoms with E-state index in [1.807, 2.05) is 32.2 Å². The zero-order valence-corrected chi connectivity index (χ0v) is 16.3. The summed E-state index contributed by atoms with van der Waals surface area (Å²) < 4.78 is 6.01. The molecule has 3 heterocycles. The molecule has 0 bridgehead atoms. The van der Waals surface area contributed by atoms with E-state index in [2.05, 4.69) is 25.3 Å². The van der Waals surface area contributed by atoms with Gasteiger partial charge in [0.1, 0.15) is 23.5 Å². The number of rotatable bonds is 5. The van der Waals surface area contributed by atoms with Crippen molar-refractivity contribution >= 4 is 34.7 Å². The summed E-state index contributed by atoms with van der Waals surface area (Å²) in [4.78, 5) is 30.1. The normalized spacial score (nSPS) is 12.5. The highest BCUT2D eigenvalue weighted by Crippen LogP contribution is 2.35. The Morgan fingerprint density at radius 2 is 2.11 bits per heavy atom. The average molecular weight is 378 g/mol. The van der Waals surface area contributed by atoms with Gasteiger partial charge >= 0.3 is 0 Å². The molecule has 2 N–H and O–H groups in total. The first-order chi connectivity index (χ1) is 13.4. The number of amides is 1. The Hall–Kier alpha value is -3.42. The van der Waals surface area contributed by atoms with Crippen LogP contribution in [0.25, 0.3) is 11.0 Å². The van der Waals surface area contributed by atoms with E-state index in [0.29, 0.717) is 29.0 Å². The number of hydrogen-bond acceptors (Lipinski definition) is 6. The van der Waals surface area contributed by atoms with Crippen LogP contribution in [0, 0.1) is 0 Å². The van der Waals surface area contributed by atoms with Crippen LogP contribution in [0.3, 0.4) is 0 Å². The van der Waals surface area contributed by atoms with Gasteiger partial charge in [0.15, 0.2) is 0 Å². The maximum Gasteiger partial charge on any atom is 0.255 e. The molecule has 1 aliphatic heterocycles. The molecule has 0 spiro atoms. The maximum absolute atomic E-state index is 12.6. The predicted octanol–water partition coefficient (Wildman–Crippen LogP) is 3.12. The molecule has 4 rings (SSSR count). The van der Waals surface area contributed by atoms with Crippen molar-refractivity contribution in [1.82, 2.24) is 19.9 Å². The summed E-state index contributed by atoms with van der Waals surface area (Å²) in [6, 6.07) is 4.00. The van der Waals surface area contributed by atoms with E-state index in [1.165, 1.54) is 11.2 Å². The lowest BCUT2D eigenvalue weighted by atomic mass is 10.1. The summed E-state index contributed by atoms with van der Waals surface area (Å²) in [5.74, 6) is 1.14. The second-order valence-corrected chi connectivity index (χ2v) is 7.16. The van der Waals surface area contributed by atoms with Crippen molar-refractivity contribution in [3.63, 3.8) is 0 Å². The predicted molar refractivity (Wildman–Crippen MR) is 109 cm³/mol. The Balaban J connectivity index is 1.81. The Labute approximate surface area is 162 Å². The number of anilines is 2. The first-order valence-electron chi connectivity index (χ1n) is 9.08. The van der Waals surface area contributed by atoms with E-state index in [1.54, 1.807) is 20.3 Å². The van der Waals surface area contributed by atoms with Gasteiger partial charge in [0.25, 0.3) is 5.91 Å². The number of hydrogen-bond donors (Lipinski definition) is 2. The molecule has 0 fully saturated rings. The standard InChI is InChI=1S/C20H22N6O2/c1-11(2)28-16-6-13-8-21-7-12(13)5-15(16)25-19-17-14(20(27)26(3)4)9-22-18(17)23-10-24-19/h5-7,9-11H,8H2,1-4H3,(H2,22,23,24,25). The van der Waals surface area contributed by atoms with Gasteiger partial charge in [-0.2, -0.15) is 0 Å². The monoisotopic (exact) mass is 378 g/mol. The molecule has 8 nitrogen and oxygen atoms in total. The molecule has 0 saturated carbocycles. The van der Waals surface area contributed by atoms with E-state index in [-0.39, 0.29) is 12.0 Å². The van der Waals surface area contributed by atoms with Crippen molar-refractivity contribution in [3.05, 3.63) is 41.3 Å². The van der Waals surface area contributed by atoms with Crippen LogP contribution >= 0.6 is 0 Å². The zero-order chi connectivity index (χ0) is 19.8. The van der Waals surface area contributed by atoms with Crippen LogP contribution in [0.15, 0.2) is 29.6 Å². The van der Waals surface area contributed by atoms with Crippen LogP contribution in [-0.4, -0.2) is 52.2 Å². The Kier molecular flexibility index (Phi) is 4.46. The van der Waals surface area contributed by atoms with E-state index in [0.717, 1.165) is 22.6 Å². The van der Waals surface area contributed by atoms with Gasteiger partial charge in [-0.05, 0) is 37.1 Å². The number of nitrogens with one attached hydrogen (secondary N) is 2. The Morgan fingerprint density at radius 3 is 2.86 bits per heavy atom. The fourth-order valence-corrected chi connectivity index (χ4v) is 3.18. The summed E-state index contributed by atoms with van der Waals surface area (Å²) in [6.45, 7) is 4.62. The number of H-pyrrole nitrogens is 1. The molecule has 3 aromatic rings. The van der Waals surface area contributed by atoms with Gasteiger partial charge in [-0.3, -0.25) is 9.79 Å². The fourth-order valence-electron chi connectivity index (χ4n) is 3.18. The molecular weight excluding hydrogens is 356 g/mol. The van der Waals surface area contributed by atoms with E-state index >= 15 is 0 Å². The minimum Gasteiger partial charge on any atom is -0.489 e. The number of aromatic nitrogens is 3. The number of carbonyl (C=O) groups is 1. The Morgan fingerprint density at radius 1 is 1.29 bits per heavy atom. The summed E-state index contributed by atoms with van der Waals surface area (Å²) in [5, 5.41) is 3.99. The molecule has 0 aliphatic carbocycles. The molecule has 8 heteroatoms. The van der Waals surface area contributed by atoms with Gasteiger partial charge in [-0.15, -0.1) is 0 Å². The van der Waals surface area contributed by atoms with Crippen LogP contribution < -0.4 is 10.1 Å². The SMILES string of the molecule is CC(C)Oc1cc2c(cc1Nc1ncnc3[nH]cc(C(=O)N(C)C)c13)C=NC2. The maximum atomic E-state index is 12.6. The van der Waals surface area contributed by atoms with E-state index < -0.39 is 0 Å². The van der Waals surface area contributed by atoms with Crippen molar-refractivity contribution in [3.8, 4) is 5.75 Å². The van der Waals surface area contributed by atoms with Crippen LogP contribution in [0.2, 0.25) is 0 Å². The lowest BCUT2D eigenvalue weighted by molar-refractivity contribution is 0.0829. The fraction of sp³-hybridized carbons (Fsp3) is 0.300. The number of carbonyl (C=O) groups excluding carboxylic acids is 1. The highest BCUT2D eigenvalue weighted by molar-refractivity contribution is 6.10. The number of ether oxygens (including phenoxy) is 1. The quantitative estimate of drug-likeness (QED) is 0.711. The zero-order valence-electron chi connectivity index (χ0n) is 16.3. The Bertz CT molecular complexity index is 1080. The molecule has 0 unspecified atom stereocenters. The van der Waals surface area contributed by atoms with Crippen molar-refractivity contribution in [1.29, 1.82) is 0 Å².